The Morgan fingerprint density at radius 1 is 0.429 bits per heavy atom. The maximum atomic E-state index is 14.9. The van der Waals surface area contributed by atoms with E-state index in [1.54, 1.807) is 26.0 Å². The van der Waals surface area contributed by atoms with Gasteiger partial charge in [0.1, 0.15) is 23.3 Å². The monoisotopic (exact) mass is 935 g/mol. The van der Waals surface area contributed by atoms with Gasteiger partial charge < -0.3 is 9.13 Å². The lowest BCUT2D eigenvalue weighted by atomic mass is 9.91. The molecule has 11 rings (SSSR count). The number of fused-ring (bicyclic) bond motifs is 6. The molecule has 0 aliphatic rings. The zero-order valence-corrected chi connectivity index (χ0v) is 37.6. The van der Waals surface area contributed by atoms with Crippen molar-refractivity contribution in [1.82, 2.24) is 39.0 Å². The molecule has 342 valence electrons. The van der Waals surface area contributed by atoms with E-state index in [-0.39, 0.29) is 17.2 Å². The number of benzene rings is 7. The molecule has 0 amide bonds. The molecule has 4 aromatic heterocycles. The highest BCUT2D eigenvalue weighted by Crippen LogP contribution is 2.45. The number of nitriles is 1. The summed E-state index contributed by atoms with van der Waals surface area (Å²) in [5, 5.41) is 14.3. The van der Waals surface area contributed by atoms with Crippen LogP contribution in [0.4, 0.5) is 26.3 Å². The maximum absolute atomic E-state index is 14.9. The zero-order valence-electron chi connectivity index (χ0n) is 37.6. The number of para-hydroxylation sites is 2. The van der Waals surface area contributed by atoms with Crippen LogP contribution in [0.1, 0.15) is 40.0 Å². The number of halogens is 6. The maximum Gasteiger partial charge on any atom is 0.417 e. The Balaban J connectivity index is 1.19. The average molecular weight is 936 g/mol. The van der Waals surface area contributed by atoms with Crippen molar-refractivity contribution in [2.24, 2.45) is 0 Å². The molecular weight excluding hydrogens is 901 g/mol. The molecule has 7 aromatic carbocycles. The number of alkyl halides is 6. The SMILES string of the molecule is Cc1nc(C)nc(-c2ccc3c(c2)c2ccccc2n3-c2ccc(C#N)c(-c3cc(-c4ccc(C(F)(F)F)cc4C(F)(F)F)ccc3-n3c4ccccc4c4cc(-c5nc(C)nc(C)n5)ccc43)c2)n1. The molecule has 0 spiro atoms. The van der Waals surface area contributed by atoms with Gasteiger partial charge in [0.15, 0.2) is 11.6 Å². The first-order valence-electron chi connectivity index (χ1n) is 22.0. The molecule has 15 heteroatoms. The lowest BCUT2D eigenvalue weighted by molar-refractivity contribution is -0.142. The Hall–Kier alpha value is -8.77. The van der Waals surface area contributed by atoms with Gasteiger partial charge in [-0.1, -0.05) is 48.5 Å². The van der Waals surface area contributed by atoms with Crippen LogP contribution in [0.25, 0.3) is 100 Å². The van der Waals surface area contributed by atoms with Gasteiger partial charge in [-0.15, -0.1) is 0 Å². The fourth-order valence-electron chi connectivity index (χ4n) is 9.56. The van der Waals surface area contributed by atoms with Crippen molar-refractivity contribution >= 4 is 43.6 Å². The highest BCUT2D eigenvalue weighted by atomic mass is 19.4. The number of hydrogen-bond acceptors (Lipinski definition) is 7. The molecule has 0 fully saturated rings. The second-order valence-corrected chi connectivity index (χ2v) is 17.0. The number of nitrogens with zero attached hydrogens (tertiary/aromatic N) is 9. The Kier molecular flexibility index (Phi) is 10.1. The van der Waals surface area contributed by atoms with Crippen LogP contribution in [0.3, 0.4) is 0 Å². The molecule has 0 saturated carbocycles. The van der Waals surface area contributed by atoms with Crippen molar-refractivity contribution in [2.45, 2.75) is 40.0 Å². The summed E-state index contributed by atoms with van der Waals surface area (Å²) >= 11 is 0. The molecule has 0 N–H and O–H groups in total. The third kappa shape index (κ3) is 7.45. The summed E-state index contributed by atoms with van der Waals surface area (Å²) in [6, 6.07) is 41.1. The quantitative estimate of drug-likeness (QED) is 0.153. The summed E-state index contributed by atoms with van der Waals surface area (Å²) in [5.41, 5.74) is 3.36. The van der Waals surface area contributed by atoms with E-state index in [2.05, 4.69) is 40.5 Å². The van der Waals surface area contributed by atoms with Crippen molar-refractivity contribution in [3.63, 3.8) is 0 Å². The minimum atomic E-state index is -5.15. The second-order valence-electron chi connectivity index (χ2n) is 17.0. The standard InChI is InChI=1S/C55H35F6N9/c1-29-63-30(2)66-52(65-29)34-15-21-49-43(24-34)40-9-5-7-11-47(40)69(49)38-18-13-36(28-62)42(27-38)45-23-33(39-19-17-37(54(56,57)58)26-46(39)55(59,60)61)14-20-51(45)70-48-12-8-6-10-41(48)44-25-35(16-22-50(44)70)53-67-31(3)64-32(4)68-53/h5-27H,1-4H3. The van der Waals surface area contributed by atoms with Gasteiger partial charge in [0.05, 0.1) is 50.5 Å². The Morgan fingerprint density at radius 3 is 1.49 bits per heavy atom. The first kappa shape index (κ1) is 43.8. The highest BCUT2D eigenvalue weighted by molar-refractivity contribution is 6.12. The third-order valence-electron chi connectivity index (χ3n) is 12.5. The molecule has 70 heavy (non-hydrogen) atoms. The van der Waals surface area contributed by atoms with E-state index < -0.39 is 29.0 Å². The molecule has 0 saturated heterocycles. The summed E-state index contributed by atoms with van der Waals surface area (Å²) in [6.07, 6.45) is -10.2. The average Bonchev–Trinajstić information content (AvgIpc) is 3.84. The van der Waals surface area contributed by atoms with E-state index in [1.165, 1.54) is 12.1 Å². The summed E-state index contributed by atoms with van der Waals surface area (Å²) in [5.74, 6) is 3.29. The molecule has 0 aliphatic carbocycles. The van der Waals surface area contributed by atoms with Crippen molar-refractivity contribution in [1.29, 1.82) is 5.26 Å². The van der Waals surface area contributed by atoms with E-state index >= 15 is 0 Å². The van der Waals surface area contributed by atoms with E-state index in [9.17, 15) is 31.6 Å². The molecule has 9 nitrogen and oxygen atoms in total. The van der Waals surface area contributed by atoms with E-state index in [0.29, 0.717) is 63.5 Å². The second kappa shape index (κ2) is 16.2. The lowest BCUT2D eigenvalue weighted by Crippen LogP contribution is -2.12. The summed E-state index contributed by atoms with van der Waals surface area (Å²) in [6.45, 7) is 7.20. The van der Waals surface area contributed by atoms with Gasteiger partial charge in [0.25, 0.3) is 0 Å². The summed E-state index contributed by atoms with van der Waals surface area (Å²) in [7, 11) is 0. The summed E-state index contributed by atoms with van der Waals surface area (Å²) < 4.78 is 90.5. The number of hydrogen-bond donors (Lipinski definition) is 0. The van der Waals surface area contributed by atoms with Gasteiger partial charge in [-0.05, 0) is 130 Å². The fourth-order valence-corrected chi connectivity index (χ4v) is 9.56. The predicted octanol–water partition coefficient (Wildman–Crippen LogP) is 14.1. The number of rotatable bonds is 6. The van der Waals surface area contributed by atoms with Crippen molar-refractivity contribution in [2.75, 3.05) is 0 Å². The zero-order chi connectivity index (χ0) is 48.8. The normalized spacial score (nSPS) is 12.1. The predicted molar refractivity (Wildman–Crippen MR) is 257 cm³/mol. The topological polar surface area (TPSA) is 111 Å². The van der Waals surface area contributed by atoms with Gasteiger partial charge in [-0.2, -0.15) is 31.6 Å². The van der Waals surface area contributed by atoms with Gasteiger partial charge in [0, 0.05) is 49.5 Å². The third-order valence-corrected chi connectivity index (χ3v) is 12.5. The highest BCUT2D eigenvalue weighted by Gasteiger charge is 2.38. The smallest absolute Gasteiger partial charge is 0.309 e. The molecule has 4 heterocycles. The molecule has 0 aliphatic heterocycles. The van der Waals surface area contributed by atoms with E-state index in [4.69, 9.17) is 0 Å². The van der Waals surface area contributed by atoms with Gasteiger partial charge in [-0.25, -0.2) is 29.9 Å². The first-order valence-corrected chi connectivity index (χ1v) is 22.0. The van der Waals surface area contributed by atoms with Crippen molar-refractivity contribution < 1.29 is 26.3 Å². The minimum absolute atomic E-state index is 0.00841. The van der Waals surface area contributed by atoms with Crippen LogP contribution in [0.15, 0.2) is 140 Å². The molecule has 0 atom stereocenters. The van der Waals surface area contributed by atoms with Crippen LogP contribution >= 0.6 is 0 Å². The van der Waals surface area contributed by atoms with Gasteiger partial charge in [-0.3, -0.25) is 0 Å². The van der Waals surface area contributed by atoms with Crippen LogP contribution in [-0.4, -0.2) is 39.0 Å². The van der Waals surface area contributed by atoms with Crippen LogP contribution < -0.4 is 0 Å². The number of aromatic nitrogens is 8. The minimum Gasteiger partial charge on any atom is -0.309 e. The van der Waals surface area contributed by atoms with E-state index in [0.717, 1.165) is 60.8 Å². The van der Waals surface area contributed by atoms with Crippen LogP contribution in [0.2, 0.25) is 0 Å². The summed E-state index contributed by atoms with van der Waals surface area (Å²) in [4.78, 5) is 27.0. The van der Waals surface area contributed by atoms with Crippen molar-refractivity contribution in [3.8, 4) is 62.5 Å². The van der Waals surface area contributed by atoms with Crippen molar-refractivity contribution in [3.05, 3.63) is 180 Å². The lowest BCUT2D eigenvalue weighted by Gasteiger charge is -2.20. The molecule has 0 radical (unpaired) electrons. The van der Waals surface area contributed by atoms with Crippen LogP contribution in [0.5, 0.6) is 0 Å². The van der Waals surface area contributed by atoms with Crippen LogP contribution in [0, 0.1) is 39.0 Å². The molecule has 0 unspecified atom stereocenters. The largest absolute Gasteiger partial charge is 0.417 e. The Labute approximate surface area is 395 Å². The first-order chi connectivity index (χ1) is 33.5. The van der Waals surface area contributed by atoms with E-state index in [1.807, 2.05) is 115 Å². The molecule has 11 aromatic rings. The Bertz CT molecular complexity index is 3970. The Morgan fingerprint density at radius 2 is 0.943 bits per heavy atom. The molecule has 0 bridgehead atoms. The molecular formula is C55H35F6N9. The van der Waals surface area contributed by atoms with Crippen LogP contribution in [-0.2, 0) is 12.4 Å². The number of aryl methyl sites for hydroxylation is 4. The fraction of sp³-hybridized carbons (Fsp3) is 0.109. The van der Waals surface area contributed by atoms with Gasteiger partial charge >= 0.3 is 12.4 Å². The van der Waals surface area contributed by atoms with Gasteiger partial charge in [0.2, 0.25) is 0 Å².